The van der Waals surface area contributed by atoms with Gasteiger partial charge in [-0.15, -0.1) is 0 Å². The van der Waals surface area contributed by atoms with Gasteiger partial charge in [0, 0.05) is 19.3 Å². The molecule has 1 unspecified atom stereocenters. The summed E-state index contributed by atoms with van der Waals surface area (Å²) in [6.07, 6.45) is 83.4. The Hall–Kier alpha value is -6.27. The Bertz CT molecular complexity index is 1800. The predicted octanol–water partition coefficient (Wildman–Crippen LogP) is 16.3. The minimum Gasteiger partial charge on any atom is -0.462 e. The van der Waals surface area contributed by atoms with Crippen LogP contribution in [0.3, 0.4) is 0 Å². The first kappa shape index (κ1) is 60.7. The maximum atomic E-state index is 12.8. The van der Waals surface area contributed by atoms with Crippen molar-refractivity contribution in [3.8, 4) is 0 Å². The Morgan fingerprint density at radius 1 is 0.299 bits per heavy atom. The summed E-state index contributed by atoms with van der Waals surface area (Å²) in [7, 11) is 0. The number of hydrogen-bond donors (Lipinski definition) is 0. The first-order chi connectivity index (χ1) is 33.0. The molecule has 67 heavy (non-hydrogen) atoms. The number of esters is 3. The highest BCUT2D eigenvalue weighted by Crippen LogP contribution is 2.10. The molecule has 0 fully saturated rings. The fourth-order valence-electron chi connectivity index (χ4n) is 5.37. The lowest BCUT2D eigenvalue weighted by Gasteiger charge is -2.18. The Balaban J connectivity index is 4.75. The van der Waals surface area contributed by atoms with Crippen LogP contribution in [0.25, 0.3) is 0 Å². The third-order valence-electron chi connectivity index (χ3n) is 8.94. The Morgan fingerprint density at radius 2 is 0.552 bits per heavy atom. The topological polar surface area (TPSA) is 78.9 Å². The average Bonchev–Trinajstić information content (AvgIpc) is 3.33. The minimum absolute atomic E-state index is 0.158. The van der Waals surface area contributed by atoms with Crippen LogP contribution in [-0.4, -0.2) is 37.2 Å². The Morgan fingerprint density at radius 3 is 0.866 bits per heavy atom. The van der Waals surface area contributed by atoms with Crippen molar-refractivity contribution in [1.82, 2.24) is 0 Å². The van der Waals surface area contributed by atoms with Gasteiger partial charge in [0.05, 0.1) is 0 Å². The predicted molar refractivity (Wildman–Crippen MR) is 287 cm³/mol. The van der Waals surface area contributed by atoms with E-state index < -0.39 is 12.1 Å². The molecule has 1 atom stereocenters. The maximum absolute atomic E-state index is 12.8. The lowest BCUT2D eigenvalue weighted by atomic mass is 10.1. The summed E-state index contributed by atoms with van der Waals surface area (Å²) >= 11 is 0. The van der Waals surface area contributed by atoms with Crippen molar-refractivity contribution in [1.29, 1.82) is 0 Å². The molecule has 6 heteroatoms. The number of carbonyl (C=O) groups excluding carboxylic acids is 3. The second kappa shape index (κ2) is 52.4. The van der Waals surface area contributed by atoms with E-state index in [1.54, 1.807) is 0 Å². The van der Waals surface area contributed by atoms with E-state index in [1.807, 2.05) is 188 Å². The van der Waals surface area contributed by atoms with Gasteiger partial charge in [-0.05, 0) is 70.6 Å². The molecule has 362 valence electrons. The van der Waals surface area contributed by atoms with E-state index in [1.165, 1.54) is 0 Å². The SMILES string of the molecule is CC/C=C/C=C/C=C/C=C/C=C/C=C/C=C/CCCCCC(=O)OCC(COC(=O)CCC/C=C/C=C/C=C/C=C/C=C/CC)OC(=O)CCCCC/C=C/C=C/C=C/C=C/C=C/C=C/CC. The molecule has 0 saturated heterocycles. The monoisotopic (exact) mass is 911 g/mol. The van der Waals surface area contributed by atoms with Gasteiger partial charge >= 0.3 is 17.9 Å². The van der Waals surface area contributed by atoms with Gasteiger partial charge in [0.1, 0.15) is 13.2 Å². The van der Waals surface area contributed by atoms with E-state index in [2.05, 4.69) is 51.2 Å². The minimum atomic E-state index is -0.865. The number of unbranched alkanes of at least 4 members (excludes halogenated alkanes) is 7. The molecule has 0 aromatic carbocycles. The van der Waals surface area contributed by atoms with Gasteiger partial charge in [-0.2, -0.15) is 0 Å². The van der Waals surface area contributed by atoms with Crippen LogP contribution >= 0.6 is 0 Å². The molecule has 0 N–H and O–H groups in total. The molecule has 0 aliphatic heterocycles. The van der Waals surface area contributed by atoms with E-state index in [0.29, 0.717) is 19.3 Å². The zero-order valence-electron chi connectivity index (χ0n) is 41.0. The van der Waals surface area contributed by atoms with Crippen molar-refractivity contribution < 1.29 is 28.6 Å². The lowest BCUT2D eigenvalue weighted by Crippen LogP contribution is -2.30. The van der Waals surface area contributed by atoms with Crippen LogP contribution in [0.1, 0.15) is 124 Å². The van der Waals surface area contributed by atoms with Crippen LogP contribution in [0.5, 0.6) is 0 Å². The summed E-state index contributed by atoms with van der Waals surface area (Å²) in [5, 5.41) is 0. The summed E-state index contributed by atoms with van der Waals surface area (Å²) in [6.45, 7) is 6.00. The van der Waals surface area contributed by atoms with Crippen molar-refractivity contribution in [2.75, 3.05) is 13.2 Å². The Labute approximate surface area is 406 Å². The summed E-state index contributed by atoms with van der Waals surface area (Å²) in [5.74, 6) is -1.15. The molecule has 0 radical (unpaired) electrons. The van der Waals surface area contributed by atoms with E-state index in [4.69, 9.17) is 14.2 Å². The van der Waals surface area contributed by atoms with Crippen molar-refractivity contribution in [3.05, 3.63) is 219 Å². The fraction of sp³-hybridized carbons (Fsp3) is 0.361. The first-order valence-electron chi connectivity index (χ1n) is 24.5. The fourth-order valence-corrected chi connectivity index (χ4v) is 5.37. The molecule has 0 saturated carbocycles. The lowest BCUT2D eigenvalue weighted by molar-refractivity contribution is -0.167. The maximum Gasteiger partial charge on any atom is 0.306 e. The van der Waals surface area contributed by atoms with Crippen LogP contribution in [0.15, 0.2) is 219 Å². The van der Waals surface area contributed by atoms with E-state index in [-0.39, 0.29) is 44.4 Å². The van der Waals surface area contributed by atoms with Gasteiger partial charge in [0.2, 0.25) is 0 Å². The molecule has 6 nitrogen and oxygen atoms in total. The highest BCUT2D eigenvalue weighted by Gasteiger charge is 2.19. The second-order valence-electron chi connectivity index (χ2n) is 15.0. The van der Waals surface area contributed by atoms with Gasteiger partial charge in [-0.25, -0.2) is 0 Å². The van der Waals surface area contributed by atoms with Crippen LogP contribution in [0.2, 0.25) is 0 Å². The number of hydrogen-bond acceptors (Lipinski definition) is 6. The molecule has 0 bridgehead atoms. The average molecular weight is 911 g/mol. The second-order valence-corrected chi connectivity index (χ2v) is 15.0. The number of allylic oxidation sites excluding steroid dienone is 36. The van der Waals surface area contributed by atoms with Crippen LogP contribution in [0.4, 0.5) is 0 Å². The zero-order valence-corrected chi connectivity index (χ0v) is 41.0. The normalized spacial score (nSPS) is 14.0. The molecule has 0 aromatic rings. The summed E-state index contributed by atoms with van der Waals surface area (Å²) < 4.78 is 16.6. The van der Waals surface area contributed by atoms with Crippen molar-refractivity contribution >= 4 is 17.9 Å². The van der Waals surface area contributed by atoms with E-state index in [0.717, 1.165) is 64.2 Å². The van der Waals surface area contributed by atoms with Crippen molar-refractivity contribution in [2.24, 2.45) is 0 Å². The van der Waals surface area contributed by atoms with Gasteiger partial charge in [-0.1, -0.05) is 252 Å². The molecule has 0 aliphatic rings. The third kappa shape index (κ3) is 50.6. The zero-order chi connectivity index (χ0) is 48.6. The highest BCUT2D eigenvalue weighted by atomic mass is 16.6. The van der Waals surface area contributed by atoms with E-state index in [9.17, 15) is 14.4 Å². The molecule has 0 aliphatic carbocycles. The summed E-state index contributed by atoms with van der Waals surface area (Å²) in [5.41, 5.74) is 0. The third-order valence-corrected chi connectivity index (χ3v) is 8.94. The van der Waals surface area contributed by atoms with Crippen LogP contribution < -0.4 is 0 Å². The summed E-state index contributed by atoms with van der Waals surface area (Å²) in [4.78, 5) is 37.9. The number of ether oxygens (including phenoxy) is 3. The molecular weight excluding hydrogens is 829 g/mol. The van der Waals surface area contributed by atoms with Gasteiger partial charge in [-0.3, -0.25) is 14.4 Å². The molecule has 0 heterocycles. The molecule has 0 rings (SSSR count). The van der Waals surface area contributed by atoms with Crippen molar-refractivity contribution in [3.63, 3.8) is 0 Å². The first-order valence-corrected chi connectivity index (χ1v) is 24.5. The van der Waals surface area contributed by atoms with Gasteiger partial charge < -0.3 is 14.2 Å². The van der Waals surface area contributed by atoms with E-state index >= 15 is 0 Å². The molecule has 0 aromatic heterocycles. The quantitative estimate of drug-likeness (QED) is 0.0265. The van der Waals surface area contributed by atoms with Gasteiger partial charge in [0.15, 0.2) is 6.10 Å². The van der Waals surface area contributed by atoms with Crippen LogP contribution in [0, 0.1) is 0 Å². The van der Waals surface area contributed by atoms with Crippen molar-refractivity contribution in [2.45, 2.75) is 130 Å². The molecular formula is C61H82O6. The Kier molecular flexibility index (Phi) is 47.5. The molecule has 0 spiro atoms. The van der Waals surface area contributed by atoms with Crippen LogP contribution in [-0.2, 0) is 28.6 Å². The number of carbonyl (C=O) groups is 3. The largest absolute Gasteiger partial charge is 0.462 e. The number of rotatable bonds is 39. The smallest absolute Gasteiger partial charge is 0.306 e. The van der Waals surface area contributed by atoms with Gasteiger partial charge in [0.25, 0.3) is 0 Å². The standard InChI is InChI=1S/C61H82O6/c1-4-7-10-13-16-19-22-25-27-29-30-32-33-36-39-42-45-48-51-54-60(63)66-57-58(56-65-59(62)53-50-47-44-41-38-35-24-21-18-15-12-9-6-3)67-61(64)55-52-49-46-43-40-37-34-31-28-26-23-20-17-14-11-8-5-2/h7-41,44,58H,4-6,42-43,45-57H2,1-3H3/b10-7+,11-8+,12-9+,16-13+,17-14+,18-15+,22-19+,23-20+,24-21+,27-25+,28-26+,30-29+,33-32+,34-31+,38-35+,39-36+,40-37+,44-41+. The summed E-state index contributed by atoms with van der Waals surface area (Å²) in [6, 6.07) is 0. The molecule has 0 amide bonds. The highest BCUT2D eigenvalue weighted by molar-refractivity contribution is 5.71.